The van der Waals surface area contributed by atoms with Gasteiger partial charge in [-0.2, -0.15) is 0 Å². The Morgan fingerprint density at radius 3 is 2.10 bits per heavy atom. The van der Waals surface area contributed by atoms with Crippen molar-refractivity contribution in [1.82, 2.24) is 0 Å². The van der Waals surface area contributed by atoms with Gasteiger partial charge in [-0.3, -0.25) is 0 Å². The van der Waals surface area contributed by atoms with Gasteiger partial charge in [-0.1, -0.05) is 127 Å². The van der Waals surface area contributed by atoms with E-state index in [4.69, 9.17) is 9.15 Å². The number of hydrogen-bond donors (Lipinski definition) is 1. The molecule has 9 aromatic rings. The number of rotatable bonds is 5. The fourth-order valence-corrected chi connectivity index (χ4v) is 7.42. The first-order chi connectivity index (χ1) is 24.3. The maximum absolute atomic E-state index is 6.54. The van der Waals surface area contributed by atoms with Gasteiger partial charge < -0.3 is 19.4 Å². The van der Waals surface area contributed by atoms with Crippen molar-refractivity contribution < 1.29 is 9.15 Å². The molecule has 2 heterocycles. The Bertz CT molecular complexity index is 2680. The molecule has 0 saturated carbocycles. The second-order valence-electron chi connectivity index (χ2n) is 12.5. The predicted octanol–water partition coefficient (Wildman–Crippen LogP) is 12.5. The number of nitrogens with zero attached hydrogens (tertiary/aromatic N) is 1. The zero-order chi connectivity index (χ0) is 32.3. The summed E-state index contributed by atoms with van der Waals surface area (Å²) < 4.78 is 13.0. The van der Waals surface area contributed by atoms with Gasteiger partial charge in [0, 0.05) is 44.2 Å². The van der Waals surface area contributed by atoms with Gasteiger partial charge in [0.25, 0.3) is 0 Å². The summed E-state index contributed by atoms with van der Waals surface area (Å²) in [6.07, 6.45) is -0.242. The molecule has 0 spiro atoms. The third-order valence-electron chi connectivity index (χ3n) is 9.68. The molecule has 1 N–H and O–H groups in total. The summed E-state index contributed by atoms with van der Waals surface area (Å²) in [5.41, 5.74) is 9.26. The van der Waals surface area contributed by atoms with Gasteiger partial charge in [-0.05, 0) is 58.6 Å². The summed E-state index contributed by atoms with van der Waals surface area (Å²) in [5.74, 6) is 0.864. The molecule has 232 valence electrons. The van der Waals surface area contributed by atoms with Crippen molar-refractivity contribution in [1.29, 1.82) is 0 Å². The largest absolute Gasteiger partial charge is 0.464 e. The van der Waals surface area contributed by atoms with Crippen LogP contribution in [0, 0.1) is 0 Å². The molecule has 10 rings (SSSR count). The van der Waals surface area contributed by atoms with E-state index in [0.717, 1.165) is 83.3 Å². The monoisotopic (exact) mass is 630 g/mol. The van der Waals surface area contributed by atoms with Crippen LogP contribution >= 0.6 is 0 Å². The molecule has 4 heteroatoms. The van der Waals surface area contributed by atoms with E-state index in [1.807, 2.05) is 30.3 Å². The maximum atomic E-state index is 6.54. The summed E-state index contributed by atoms with van der Waals surface area (Å²) in [6, 6.07) is 59.7. The van der Waals surface area contributed by atoms with Crippen LogP contribution in [0.4, 0.5) is 22.7 Å². The lowest BCUT2D eigenvalue weighted by Gasteiger charge is -2.28. The number of fused-ring (bicyclic) bond motifs is 8. The van der Waals surface area contributed by atoms with Crippen LogP contribution in [0.5, 0.6) is 5.75 Å². The Morgan fingerprint density at radius 1 is 0.510 bits per heavy atom. The van der Waals surface area contributed by atoms with Crippen molar-refractivity contribution in [3.8, 4) is 16.9 Å². The Balaban J connectivity index is 1.18. The van der Waals surface area contributed by atoms with E-state index in [2.05, 4.69) is 150 Å². The molecule has 0 fully saturated rings. The highest BCUT2D eigenvalue weighted by Gasteiger charge is 2.27. The standard InChI is InChI=1S/C45H30N2O2/c1-3-12-31(13-4-1)45-46-43-41(49-45)27-25-30-23-22-29-24-26-33(28-38(29)42(30)43)47(32-14-5-2-6-15-32)39-20-9-7-16-34(39)36-18-11-19-37-35-17-8-10-21-40(35)48-44(36)37/h1-28,45-46H. The van der Waals surface area contributed by atoms with E-state index in [1.165, 1.54) is 5.39 Å². The fourth-order valence-electron chi connectivity index (χ4n) is 7.42. The van der Waals surface area contributed by atoms with Crippen molar-refractivity contribution in [2.45, 2.75) is 6.23 Å². The van der Waals surface area contributed by atoms with Gasteiger partial charge in [-0.25, -0.2) is 0 Å². The van der Waals surface area contributed by atoms with Crippen molar-refractivity contribution in [3.05, 3.63) is 175 Å². The summed E-state index contributed by atoms with van der Waals surface area (Å²) in [7, 11) is 0. The first-order valence-electron chi connectivity index (χ1n) is 16.6. The smallest absolute Gasteiger partial charge is 0.196 e. The molecule has 1 aliphatic rings. The normalized spacial score (nSPS) is 13.8. The summed E-state index contributed by atoms with van der Waals surface area (Å²) in [6.45, 7) is 0. The lowest BCUT2D eigenvalue weighted by molar-refractivity contribution is 0.260. The van der Waals surface area contributed by atoms with Gasteiger partial charge in [-0.15, -0.1) is 0 Å². The van der Waals surface area contributed by atoms with Gasteiger partial charge in [0.05, 0.1) is 11.4 Å². The Morgan fingerprint density at radius 2 is 1.20 bits per heavy atom. The number of para-hydroxylation sites is 4. The lowest BCUT2D eigenvalue weighted by Crippen LogP contribution is -2.11. The molecule has 0 bridgehead atoms. The van der Waals surface area contributed by atoms with Gasteiger partial charge in [0.2, 0.25) is 0 Å². The zero-order valence-electron chi connectivity index (χ0n) is 26.5. The number of furan rings is 1. The first-order valence-corrected chi connectivity index (χ1v) is 16.6. The zero-order valence-corrected chi connectivity index (χ0v) is 26.5. The minimum Gasteiger partial charge on any atom is -0.464 e. The Labute approximate surface area is 283 Å². The summed E-state index contributed by atoms with van der Waals surface area (Å²) in [4.78, 5) is 2.36. The second kappa shape index (κ2) is 11.0. The first kappa shape index (κ1) is 27.6. The van der Waals surface area contributed by atoms with Crippen LogP contribution in [0.25, 0.3) is 54.6 Å². The third kappa shape index (κ3) is 4.45. The number of nitrogens with one attached hydrogen (secondary N) is 1. The van der Waals surface area contributed by atoms with E-state index in [0.29, 0.717) is 0 Å². The van der Waals surface area contributed by atoms with Crippen LogP contribution in [0.2, 0.25) is 0 Å². The molecule has 4 nitrogen and oxygen atoms in total. The molecule has 1 aromatic heterocycles. The quantitative estimate of drug-likeness (QED) is 0.192. The minimum absolute atomic E-state index is 0.242. The number of benzene rings is 8. The van der Waals surface area contributed by atoms with Gasteiger partial charge >= 0.3 is 0 Å². The van der Waals surface area contributed by atoms with E-state index in [1.54, 1.807) is 0 Å². The Kier molecular flexibility index (Phi) is 6.21. The third-order valence-corrected chi connectivity index (χ3v) is 9.68. The average molecular weight is 631 g/mol. The van der Waals surface area contributed by atoms with E-state index < -0.39 is 0 Å². The Hall–Kier alpha value is -6.52. The van der Waals surface area contributed by atoms with Crippen molar-refractivity contribution in [2.24, 2.45) is 0 Å². The van der Waals surface area contributed by atoms with E-state index >= 15 is 0 Å². The SMILES string of the molecule is c1ccc(C2Nc3c(ccc4ccc5ccc(N(c6ccccc6)c6ccccc6-c6cccc7c6oc6ccccc67)cc5c34)O2)cc1. The van der Waals surface area contributed by atoms with E-state index in [9.17, 15) is 0 Å². The highest BCUT2D eigenvalue weighted by atomic mass is 16.5. The molecule has 1 aliphatic heterocycles. The van der Waals surface area contributed by atoms with Crippen LogP contribution in [0.1, 0.15) is 11.8 Å². The van der Waals surface area contributed by atoms with Crippen LogP contribution in [-0.2, 0) is 0 Å². The number of hydrogen-bond acceptors (Lipinski definition) is 4. The topological polar surface area (TPSA) is 37.6 Å². The molecule has 1 atom stereocenters. The van der Waals surface area contributed by atoms with Crippen molar-refractivity contribution in [3.63, 3.8) is 0 Å². The molecule has 0 amide bonds. The molecular weight excluding hydrogens is 601 g/mol. The molecule has 8 aromatic carbocycles. The molecule has 0 aliphatic carbocycles. The molecule has 0 radical (unpaired) electrons. The van der Waals surface area contributed by atoms with Gasteiger partial charge in [0.15, 0.2) is 6.23 Å². The van der Waals surface area contributed by atoms with Crippen molar-refractivity contribution in [2.75, 3.05) is 10.2 Å². The molecule has 49 heavy (non-hydrogen) atoms. The summed E-state index contributed by atoms with van der Waals surface area (Å²) in [5, 5.41) is 10.6. The highest BCUT2D eigenvalue weighted by Crippen LogP contribution is 2.48. The molecule has 0 saturated heterocycles. The van der Waals surface area contributed by atoms with Crippen LogP contribution in [-0.4, -0.2) is 0 Å². The second-order valence-corrected chi connectivity index (χ2v) is 12.5. The maximum Gasteiger partial charge on any atom is 0.196 e. The van der Waals surface area contributed by atoms with Crippen LogP contribution in [0.3, 0.4) is 0 Å². The van der Waals surface area contributed by atoms with Crippen LogP contribution < -0.4 is 15.0 Å². The summed E-state index contributed by atoms with van der Waals surface area (Å²) >= 11 is 0. The van der Waals surface area contributed by atoms with Crippen molar-refractivity contribution >= 4 is 66.2 Å². The number of ether oxygens (including phenoxy) is 1. The highest BCUT2D eigenvalue weighted by molar-refractivity contribution is 6.16. The lowest BCUT2D eigenvalue weighted by atomic mass is 9.97. The molecular formula is C45H30N2O2. The molecule has 1 unspecified atom stereocenters. The fraction of sp³-hybridized carbons (Fsp3) is 0.0222. The average Bonchev–Trinajstić information content (AvgIpc) is 3.78. The van der Waals surface area contributed by atoms with Crippen LogP contribution in [0.15, 0.2) is 174 Å². The van der Waals surface area contributed by atoms with Gasteiger partial charge in [0.1, 0.15) is 16.9 Å². The minimum atomic E-state index is -0.242. The number of anilines is 4. The van der Waals surface area contributed by atoms with E-state index in [-0.39, 0.29) is 6.23 Å². The predicted molar refractivity (Wildman–Crippen MR) is 202 cm³/mol.